The van der Waals surface area contributed by atoms with Crippen molar-refractivity contribution in [2.24, 2.45) is 0 Å². The molecule has 0 saturated carbocycles. The average Bonchev–Trinajstić information content (AvgIpc) is 3.01. The van der Waals surface area contributed by atoms with E-state index in [-0.39, 0.29) is 22.7 Å². The molecule has 0 atom stereocenters. The molecular formula is C15H13N5O4S. The van der Waals surface area contributed by atoms with Gasteiger partial charge in [-0.25, -0.2) is 4.98 Å². The molecule has 10 heteroatoms. The van der Waals surface area contributed by atoms with Crippen LogP contribution in [0.15, 0.2) is 35.4 Å². The number of anilines is 2. The lowest BCUT2D eigenvalue weighted by Crippen LogP contribution is -2.15. The van der Waals surface area contributed by atoms with E-state index in [0.29, 0.717) is 5.13 Å². The highest BCUT2D eigenvalue weighted by Crippen LogP contribution is 2.29. The van der Waals surface area contributed by atoms with E-state index in [1.165, 1.54) is 42.8 Å². The number of nitro groups is 1. The van der Waals surface area contributed by atoms with Crippen molar-refractivity contribution in [2.75, 3.05) is 17.7 Å². The van der Waals surface area contributed by atoms with Crippen molar-refractivity contribution in [1.82, 2.24) is 4.98 Å². The summed E-state index contributed by atoms with van der Waals surface area (Å²) in [6.07, 6.45) is 1.24. The first-order valence-electron chi connectivity index (χ1n) is 6.87. The standard InChI is InChI=1S/C15H13N5O4S/c1-9-8-25-15(18-9)17-7-10(6-16)14(21)19-12-4-3-11(20(22)23)5-13(12)24-2/h3-5,7-8H,1-2H3,(H,17,18)(H,19,21)/b10-7-. The molecule has 0 bridgehead atoms. The van der Waals surface area contributed by atoms with E-state index in [2.05, 4.69) is 15.6 Å². The second-order valence-corrected chi connectivity index (χ2v) is 5.56. The number of carbonyl (C=O) groups excluding carboxylic acids is 1. The number of aromatic nitrogens is 1. The molecule has 2 aromatic rings. The maximum Gasteiger partial charge on any atom is 0.273 e. The second-order valence-electron chi connectivity index (χ2n) is 4.70. The van der Waals surface area contributed by atoms with Crippen LogP contribution in [0.3, 0.4) is 0 Å². The number of thiazole rings is 1. The zero-order valence-electron chi connectivity index (χ0n) is 13.3. The van der Waals surface area contributed by atoms with Gasteiger partial charge in [0, 0.05) is 17.6 Å². The molecule has 0 saturated heterocycles. The Labute approximate surface area is 146 Å². The highest BCUT2D eigenvalue weighted by atomic mass is 32.1. The Kier molecular flexibility index (Phi) is 5.65. The Balaban J connectivity index is 2.16. The largest absolute Gasteiger partial charge is 0.494 e. The number of aryl methyl sites for hydroxylation is 1. The van der Waals surface area contributed by atoms with E-state index < -0.39 is 10.8 Å². The number of hydrogen-bond acceptors (Lipinski definition) is 8. The van der Waals surface area contributed by atoms with Crippen molar-refractivity contribution in [2.45, 2.75) is 6.92 Å². The molecule has 0 fully saturated rings. The SMILES string of the molecule is COc1cc([N+](=O)[O-])ccc1NC(=O)/C(C#N)=C\Nc1nc(C)cs1. The van der Waals surface area contributed by atoms with Crippen LogP contribution in [0.5, 0.6) is 5.75 Å². The van der Waals surface area contributed by atoms with Gasteiger partial charge in [0.05, 0.1) is 29.5 Å². The predicted octanol–water partition coefficient (Wildman–Crippen LogP) is 2.83. The number of nitro benzene ring substituents is 1. The fraction of sp³-hybridized carbons (Fsp3) is 0.133. The lowest BCUT2D eigenvalue weighted by molar-refractivity contribution is -0.384. The van der Waals surface area contributed by atoms with Gasteiger partial charge in [-0.3, -0.25) is 14.9 Å². The second kappa shape index (κ2) is 7.89. The molecule has 0 unspecified atom stereocenters. The predicted molar refractivity (Wildman–Crippen MR) is 92.4 cm³/mol. The molecule has 1 heterocycles. The first kappa shape index (κ1) is 17.9. The summed E-state index contributed by atoms with van der Waals surface area (Å²) in [6.45, 7) is 1.82. The minimum absolute atomic E-state index is 0.114. The fourth-order valence-electron chi connectivity index (χ4n) is 1.79. The zero-order valence-corrected chi connectivity index (χ0v) is 14.1. The van der Waals surface area contributed by atoms with Crippen molar-refractivity contribution in [3.05, 3.63) is 51.2 Å². The van der Waals surface area contributed by atoms with Gasteiger partial charge in [-0.2, -0.15) is 5.26 Å². The van der Waals surface area contributed by atoms with Crippen LogP contribution in [0.25, 0.3) is 0 Å². The number of nitriles is 1. The molecule has 0 radical (unpaired) electrons. The van der Waals surface area contributed by atoms with Crippen LogP contribution >= 0.6 is 11.3 Å². The molecule has 0 aliphatic rings. The quantitative estimate of drug-likeness (QED) is 0.351. The highest BCUT2D eigenvalue weighted by molar-refractivity contribution is 7.13. The lowest BCUT2D eigenvalue weighted by Gasteiger charge is -2.09. The van der Waals surface area contributed by atoms with Crippen LogP contribution in [0.4, 0.5) is 16.5 Å². The number of methoxy groups -OCH3 is 1. The van der Waals surface area contributed by atoms with Crippen molar-refractivity contribution in [3.8, 4) is 11.8 Å². The van der Waals surface area contributed by atoms with Gasteiger partial charge in [0.15, 0.2) is 5.13 Å². The normalized spacial score (nSPS) is 10.7. The van der Waals surface area contributed by atoms with Crippen LogP contribution < -0.4 is 15.4 Å². The molecule has 2 rings (SSSR count). The minimum atomic E-state index is -0.685. The third-order valence-corrected chi connectivity index (χ3v) is 3.86. The third-order valence-electron chi connectivity index (χ3n) is 2.97. The Morgan fingerprint density at radius 2 is 2.28 bits per heavy atom. The summed E-state index contributed by atoms with van der Waals surface area (Å²) in [7, 11) is 1.32. The molecule has 1 aromatic carbocycles. The molecule has 9 nitrogen and oxygen atoms in total. The zero-order chi connectivity index (χ0) is 18.4. The molecule has 128 valence electrons. The van der Waals surface area contributed by atoms with E-state index >= 15 is 0 Å². The Bertz CT molecular complexity index is 884. The highest BCUT2D eigenvalue weighted by Gasteiger charge is 2.15. The molecule has 25 heavy (non-hydrogen) atoms. The number of amides is 1. The summed E-state index contributed by atoms with van der Waals surface area (Å²) < 4.78 is 5.04. The van der Waals surface area contributed by atoms with Crippen LogP contribution in [0.2, 0.25) is 0 Å². The van der Waals surface area contributed by atoms with Gasteiger partial charge in [-0.15, -0.1) is 11.3 Å². The molecular weight excluding hydrogens is 346 g/mol. The lowest BCUT2D eigenvalue weighted by atomic mass is 10.2. The smallest absolute Gasteiger partial charge is 0.273 e. The number of non-ortho nitro benzene ring substituents is 1. The Morgan fingerprint density at radius 1 is 1.52 bits per heavy atom. The van der Waals surface area contributed by atoms with Crippen molar-refractivity contribution in [1.29, 1.82) is 5.26 Å². The molecule has 0 spiro atoms. The summed E-state index contributed by atoms with van der Waals surface area (Å²) in [6, 6.07) is 5.52. The molecule has 0 aliphatic carbocycles. The molecule has 1 amide bonds. The van der Waals surface area contributed by atoms with E-state index in [4.69, 9.17) is 10.00 Å². The van der Waals surface area contributed by atoms with E-state index in [9.17, 15) is 14.9 Å². The summed E-state index contributed by atoms with van der Waals surface area (Å²) in [5, 5.41) is 27.6. The Morgan fingerprint density at radius 3 is 2.84 bits per heavy atom. The Hall–Kier alpha value is -3.45. The monoisotopic (exact) mass is 359 g/mol. The number of benzene rings is 1. The fourth-order valence-corrected chi connectivity index (χ4v) is 2.45. The van der Waals surface area contributed by atoms with Gasteiger partial charge >= 0.3 is 0 Å². The first-order chi connectivity index (χ1) is 11.9. The van der Waals surface area contributed by atoms with Crippen LogP contribution in [0.1, 0.15) is 5.69 Å². The van der Waals surface area contributed by atoms with E-state index in [1.807, 2.05) is 12.3 Å². The summed E-state index contributed by atoms with van der Waals surface area (Å²) in [4.78, 5) is 26.6. The average molecular weight is 359 g/mol. The van der Waals surface area contributed by atoms with E-state index in [1.54, 1.807) is 6.07 Å². The van der Waals surface area contributed by atoms with Gasteiger partial charge in [0.1, 0.15) is 17.4 Å². The third kappa shape index (κ3) is 4.52. The first-order valence-corrected chi connectivity index (χ1v) is 7.75. The number of nitrogens with one attached hydrogen (secondary N) is 2. The number of ether oxygens (including phenoxy) is 1. The topological polar surface area (TPSA) is 130 Å². The van der Waals surface area contributed by atoms with Crippen molar-refractivity contribution >= 4 is 33.8 Å². The molecule has 2 N–H and O–H groups in total. The molecule has 0 aliphatic heterocycles. The molecule has 1 aromatic heterocycles. The maximum absolute atomic E-state index is 12.2. The van der Waals surface area contributed by atoms with Gasteiger partial charge in [-0.05, 0) is 13.0 Å². The van der Waals surface area contributed by atoms with Gasteiger partial charge in [-0.1, -0.05) is 0 Å². The van der Waals surface area contributed by atoms with E-state index in [0.717, 1.165) is 5.69 Å². The van der Waals surface area contributed by atoms with Gasteiger partial charge in [0.2, 0.25) is 0 Å². The summed E-state index contributed by atoms with van der Waals surface area (Å²) in [5.74, 6) is -0.571. The van der Waals surface area contributed by atoms with Gasteiger partial charge < -0.3 is 15.4 Å². The summed E-state index contributed by atoms with van der Waals surface area (Å²) >= 11 is 1.34. The number of rotatable bonds is 6. The van der Waals surface area contributed by atoms with Crippen LogP contribution in [-0.4, -0.2) is 22.9 Å². The van der Waals surface area contributed by atoms with Gasteiger partial charge in [0.25, 0.3) is 11.6 Å². The number of hydrogen-bond donors (Lipinski definition) is 2. The van der Waals surface area contributed by atoms with Crippen LogP contribution in [-0.2, 0) is 4.79 Å². The van der Waals surface area contributed by atoms with Crippen LogP contribution in [0, 0.1) is 28.4 Å². The number of carbonyl (C=O) groups is 1. The minimum Gasteiger partial charge on any atom is -0.494 e. The maximum atomic E-state index is 12.2. The van der Waals surface area contributed by atoms with Crippen molar-refractivity contribution in [3.63, 3.8) is 0 Å². The summed E-state index contributed by atoms with van der Waals surface area (Å²) in [5.41, 5.74) is 0.670. The number of nitrogens with zero attached hydrogens (tertiary/aromatic N) is 3. The van der Waals surface area contributed by atoms with Crippen molar-refractivity contribution < 1.29 is 14.5 Å².